The fourth-order valence-electron chi connectivity index (χ4n) is 4.08. The molecule has 0 bridgehead atoms. The van der Waals surface area contributed by atoms with Crippen LogP contribution in [0.15, 0.2) is 30.5 Å². The van der Waals surface area contributed by atoms with Crippen molar-refractivity contribution in [2.75, 3.05) is 26.4 Å². The zero-order valence-electron chi connectivity index (χ0n) is 16.7. The molecule has 2 aliphatic rings. The third-order valence-electron chi connectivity index (χ3n) is 5.88. The highest BCUT2D eigenvalue weighted by molar-refractivity contribution is 5.95. The summed E-state index contributed by atoms with van der Waals surface area (Å²) >= 11 is 0. The number of benzene rings is 1. The standard InChI is InChI=1S/C22H29N3O3/c1-3-28-18-8-6-17(7-9-18)22(10-12-27-13-11-22)15-23-21(26)19-14-25(2)24-20(19)16-4-5-16/h6-9,14,16H,3-5,10-13,15H2,1-2H3,(H,23,26). The second-order valence-corrected chi connectivity index (χ2v) is 7.91. The van der Waals surface area contributed by atoms with E-state index in [-0.39, 0.29) is 11.3 Å². The molecule has 1 aliphatic carbocycles. The first-order valence-corrected chi connectivity index (χ1v) is 10.2. The smallest absolute Gasteiger partial charge is 0.254 e. The monoisotopic (exact) mass is 383 g/mol. The molecule has 6 heteroatoms. The van der Waals surface area contributed by atoms with Crippen molar-refractivity contribution in [1.82, 2.24) is 15.1 Å². The minimum absolute atomic E-state index is 0.0215. The largest absolute Gasteiger partial charge is 0.494 e. The first-order valence-electron chi connectivity index (χ1n) is 10.2. The second kappa shape index (κ2) is 7.95. The van der Waals surface area contributed by atoms with Crippen molar-refractivity contribution in [3.63, 3.8) is 0 Å². The molecule has 1 saturated heterocycles. The Balaban J connectivity index is 1.51. The molecular weight excluding hydrogens is 354 g/mol. The quantitative estimate of drug-likeness (QED) is 0.798. The third-order valence-corrected chi connectivity index (χ3v) is 5.88. The predicted octanol–water partition coefficient (Wildman–Crippen LogP) is 3.17. The molecule has 1 N–H and O–H groups in total. The summed E-state index contributed by atoms with van der Waals surface area (Å²) in [5.41, 5.74) is 2.79. The molecule has 2 aromatic rings. The molecule has 2 fully saturated rings. The van der Waals surface area contributed by atoms with Crippen molar-refractivity contribution >= 4 is 5.91 Å². The van der Waals surface area contributed by atoms with Crippen LogP contribution in [-0.2, 0) is 17.2 Å². The Labute approximate surface area is 166 Å². The van der Waals surface area contributed by atoms with E-state index in [1.165, 1.54) is 5.56 Å². The highest BCUT2D eigenvalue weighted by Crippen LogP contribution is 2.41. The molecule has 1 amide bonds. The average molecular weight is 383 g/mol. The van der Waals surface area contributed by atoms with E-state index >= 15 is 0 Å². The molecule has 150 valence electrons. The van der Waals surface area contributed by atoms with Crippen LogP contribution < -0.4 is 10.1 Å². The molecule has 0 radical (unpaired) electrons. The van der Waals surface area contributed by atoms with E-state index < -0.39 is 0 Å². The van der Waals surface area contributed by atoms with Gasteiger partial charge in [-0.3, -0.25) is 9.48 Å². The number of ether oxygens (including phenoxy) is 2. The molecule has 4 rings (SSSR count). The maximum Gasteiger partial charge on any atom is 0.254 e. The van der Waals surface area contributed by atoms with Gasteiger partial charge in [0, 0.05) is 44.3 Å². The molecule has 0 unspecified atom stereocenters. The van der Waals surface area contributed by atoms with Crippen LogP contribution in [0.25, 0.3) is 0 Å². The van der Waals surface area contributed by atoms with Gasteiger partial charge in [-0.25, -0.2) is 0 Å². The average Bonchev–Trinajstić information content (AvgIpc) is 3.49. The summed E-state index contributed by atoms with van der Waals surface area (Å²) in [5, 5.41) is 7.72. The van der Waals surface area contributed by atoms with Crippen LogP contribution in [0.1, 0.15) is 60.1 Å². The fraction of sp³-hybridized carbons (Fsp3) is 0.545. The molecule has 6 nitrogen and oxygen atoms in total. The molecule has 1 aromatic heterocycles. The lowest BCUT2D eigenvalue weighted by molar-refractivity contribution is 0.0487. The van der Waals surface area contributed by atoms with Gasteiger partial charge in [0.15, 0.2) is 0 Å². The first-order chi connectivity index (χ1) is 13.6. The molecule has 1 aromatic carbocycles. The van der Waals surface area contributed by atoms with Gasteiger partial charge in [0.2, 0.25) is 0 Å². The van der Waals surface area contributed by atoms with Gasteiger partial charge >= 0.3 is 0 Å². The highest BCUT2D eigenvalue weighted by Gasteiger charge is 2.36. The number of hydrogen-bond donors (Lipinski definition) is 1. The minimum Gasteiger partial charge on any atom is -0.494 e. The SMILES string of the molecule is CCOc1ccc(C2(CNC(=O)c3cn(C)nc3C3CC3)CCOCC2)cc1. The van der Waals surface area contributed by atoms with Gasteiger partial charge in [-0.2, -0.15) is 5.10 Å². The maximum absolute atomic E-state index is 13.0. The van der Waals surface area contributed by atoms with Gasteiger partial charge in [0.1, 0.15) is 5.75 Å². The Morgan fingerprint density at radius 1 is 1.29 bits per heavy atom. The molecule has 0 spiro atoms. The van der Waals surface area contributed by atoms with Gasteiger partial charge in [-0.15, -0.1) is 0 Å². The number of carbonyl (C=O) groups is 1. The van der Waals surface area contributed by atoms with Crippen LogP contribution >= 0.6 is 0 Å². The lowest BCUT2D eigenvalue weighted by atomic mass is 9.74. The third kappa shape index (κ3) is 3.92. The number of amides is 1. The van der Waals surface area contributed by atoms with Crippen molar-refractivity contribution in [3.8, 4) is 5.75 Å². The van der Waals surface area contributed by atoms with Gasteiger partial charge in [-0.05, 0) is 50.3 Å². The Kier molecular flexibility index (Phi) is 5.40. The molecule has 2 heterocycles. The lowest BCUT2D eigenvalue weighted by Crippen LogP contribution is -2.44. The van der Waals surface area contributed by atoms with Crippen molar-refractivity contribution in [3.05, 3.63) is 47.3 Å². The number of carbonyl (C=O) groups excluding carboxylic acids is 1. The number of rotatable bonds is 7. The van der Waals surface area contributed by atoms with E-state index in [4.69, 9.17) is 9.47 Å². The maximum atomic E-state index is 13.0. The fourth-order valence-corrected chi connectivity index (χ4v) is 4.08. The first kappa shape index (κ1) is 19.0. The number of nitrogens with zero attached hydrogens (tertiary/aromatic N) is 2. The van der Waals surface area contributed by atoms with E-state index in [1.54, 1.807) is 4.68 Å². The normalized spacial score (nSPS) is 18.6. The molecule has 28 heavy (non-hydrogen) atoms. The van der Waals surface area contributed by atoms with Gasteiger partial charge < -0.3 is 14.8 Å². The van der Waals surface area contributed by atoms with E-state index in [2.05, 4.69) is 22.5 Å². The highest BCUT2D eigenvalue weighted by atomic mass is 16.5. The summed E-state index contributed by atoms with van der Waals surface area (Å²) in [5.74, 6) is 1.30. The molecule has 1 aliphatic heterocycles. The van der Waals surface area contributed by atoms with Crippen molar-refractivity contribution in [1.29, 1.82) is 0 Å². The Morgan fingerprint density at radius 2 is 2.00 bits per heavy atom. The molecule has 0 atom stereocenters. The van der Waals surface area contributed by atoms with Crippen LogP contribution in [0, 0.1) is 0 Å². The number of hydrogen-bond acceptors (Lipinski definition) is 4. The predicted molar refractivity (Wildman–Crippen MR) is 107 cm³/mol. The van der Waals surface area contributed by atoms with Crippen molar-refractivity contribution < 1.29 is 14.3 Å². The zero-order valence-corrected chi connectivity index (χ0v) is 16.7. The van der Waals surface area contributed by atoms with Crippen LogP contribution in [0.4, 0.5) is 0 Å². The Bertz CT molecular complexity index is 818. The zero-order chi connectivity index (χ0) is 19.6. The van der Waals surface area contributed by atoms with Crippen LogP contribution in [0.3, 0.4) is 0 Å². The van der Waals surface area contributed by atoms with Crippen LogP contribution in [0.5, 0.6) is 5.75 Å². The van der Waals surface area contributed by atoms with Crippen molar-refractivity contribution in [2.24, 2.45) is 7.05 Å². The number of aryl methyl sites for hydroxylation is 1. The minimum atomic E-state index is -0.111. The summed E-state index contributed by atoms with van der Waals surface area (Å²) in [4.78, 5) is 13.0. The lowest BCUT2D eigenvalue weighted by Gasteiger charge is -2.38. The van der Waals surface area contributed by atoms with E-state index in [0.717, 1.165) is 42.7 Å². The summed E-state index contributed by atoms with van der Waals surface area (Å²) in [6.45, 7) is 4.66. The summed E-state index contributed by atoms with van der Waals surface area (Å²) < 4.78 is 12.9. The number of aromatic nitrogens is 2. The van der Waals surface area contributed by atoms with E-state index in [1.807, 2.05) is 32.3 Å². The Hall–Kier alpha value is -2.34. The van der Waals surface area contributed by atoms with Crippen LogP contribution in [-0.4, -0.2) is 42.1 Å². The topological polar surface area (TPSA) is 65.4 Å². The second-order valence-electron chi connectivity index (χ2n) is 7.91. The Morgan fingerprint density at radius 3 is 2.64 bits per heavy atom. The summed E-state index contributed by atoms with van der Waals surface area (Å²) in [6, 6.07) is 8.29. The molecular formula is C22H29N3O3. The van der Waals surface area contributed by atoms with Gasteiger partial charge in [0.25, 0.3) is 5.91 Å². The van der Waals surface area contributed by atoms with Crippen molar-refractivity contribution in [2.45, 2.75) is 43.9 Å². The molecule has 1 saturated carbocycles. The van der Waals surface area contributed by atoms with Gasteiger partial charge in [-0.1, -0.05) is 12.1 Å². The van der Waals surface area contributed by atoms with Gasteiger partial charge in [0.05, 0.1) is 17.9 Å². The van der Waals surface area contributed by atoms with E-state index in [9.17, 15) is 4.79 Å². The number of nitrogens with one attached hydrogen (secondary N) is 1. The van der Waals surface area contributed by atoms with E-state index in [0.29, 0.717) is 32.3 Å². The summed E-state index contributed by atoms with van der Waals surface area (Å²) in [7, 11) is 1.88. The summed E-state index contributed by atoms with van der Waals surface area (Å²) in [6.07, 6.45) is 5.89. The van der Waals surface area contributed by atoms with Crippen LogP contribution in [0.2, 0.25) is 0 Å².